The number of hydrogen-bond donors (Lipinski definition) is 1. The summed E-state index contributed by atoms with van der Waals surface area (Å²) >= 11 is 0. The molecule has 3 aliphatic heterocycles. The van der Waals surface area contributed by atoms with E-state index in [4.69, 9.17) is 9.47 Å². The van der Waals surface area contributed by atoms with Crippen molar-refractivity contribution in [2.45, 2.75) is 77.5 Å². The van der Waals surface area contributed by atoms with Crippen molar-refractivity contribution in [2.24, 2.45) is 17.8 Å². The number of hydrogen-bond acceptors (Lipinski definition) is 6. The smallest absolute Gasteiger partial charge is 0.253 e. The third kappa shape index (κ3) is 5.96. The van der Waals surface area contributed by atoms with Crippen LogP contribution < -0.4 is 14.5 Å². The fourth-order valence-electron chi connectivity index (χ4n) is 8.31. The van der Waals surface area contributed by atoms with E-state index in [-0.39, 0.29) is 43.3 Å². The minimum absolute atomic E-state index is 0.0584. The number of ether oxygens (including phenoxy) is 2. The summed E-state index contributed by atoms with van der Waals surface area (Å²) in [7, 11) is 0. The molecule has 3 heterocycles. The highest BCUT2D eigenvalue weighted by Gasteiger charge is 2.80. The minimum atomic E-state index is -1.19. The van der Waals surface area contributed by atoms with Gasteiger partial charge in [0.05, 0.1) is 24.0 Å². The Kier molecular flexibility index (Phi) is 10.5. The lowest BCUT2D eigenvalue weighted by Crippen LogP contribution is -2.57. The maximum atomic E-state index is 15.0. The quantitative estimate of drug-likeness (QED) is 0.197. The van der Waals surface area contributed by atoms with E-state index >= 15 is 4.79 Å². The molecule has 3 fully saturated rings. The second-order valence-electron chi connectivity index (χ2n) is 13.7. The molecule has 9 nitrogen and oxygen atoms in total. The van der Waals surface area contributed by atoms with Crippen LogP contribution >= 0.6 is 0 Å². The van der Waals surface area contributed by atoms with Gasteiger partial charge >= 0.3 is 0 Å². The summed E-state index contributed by atoms with van der Waals surface area (Å²) in [5.41, 5.74) is 1.23. The first-order valence-electron chi connectivity index (χ1n) is 17.2. The molecule has 0 aliphatic carbocycles. The van der Waals surface area contributed by atoms with Crippen LogP contribution in [0, 0.1) is 31.6 Å². The molecule has 1 N–H and O–H groups in total. The number of aliphatic hydroxyl groups is 1. The van der Waals surface area contributed by atoms with Gasteiger partial charge in [-0.25, -0.2) is 0 Å². The summed E-state index contributed by atoms with van der Waals surface area (Å²) in [5, 5.41) is 9.43. The molecule has 0 saturated carbocycles. The molecule has 258 valence electrons. The van der Waals surface area contributed by atoms with Crippen LogP contribution in [0.15, 0.2) is 67.8 Å². The zero-order valence-electron chi connectivity index (χ0n) is 29.1. The monoisotopic (exact) mass is 657 g/mol. The van der Waals surface area contributed by atoms with Gasteiger partial charge in [-0.15, -0.1) is 13.2 Å². The molecule has 9 heteroatoms. The summed E-state index contributed by atoms with van der Waals surface area (Å²) in [6.07, 6.45) is 5.78. The van der Waals surface area contributed by atoms with Gasteiger partial charge in [-0.05, 0) is 101 Å². The molecule has 6 atom stereocenters. The van der Waals surface area contributed by atoms with Crippen molar-refractivity contribution >= 4 is 29.1 Å². The molecule has 2 bridgehead atoms. The molecule has 5 rings (SSSR count). The lowest BCUT2D eigenvalue weighted by molar-refractivity contribution is -0.145. The number of carbonyl (C=O) groups excluding carboxylic acids is 3. The lowest BCUT2D eigenvalue weighted by atomic mass is 9.62. The van der Waals surface area contributed by atoms with Crippen LogP contribution in [-0.2, 0) is 19.1 Å². The SMILES string of the molecule is C=CCN(C(=O)[C@H]1[C@H]2C(=O)N(CCCCCO)C(C(=O)N(CC=C)c3cc(C)ccc3C)C23CC(C)[C@]1(C)O3)c1ccc(OCC)cc1. The minimum Gasteiger partial charge on any atom is -0.494 e. The molecular weight excluding hydrogens is 606 g/mol. The van der Waals surface area contributed by atoms with Gasteiger partial charge < -0.3 is 29.3 Å². The predicted octanol–water partition coefficient (Wildman–Crippen LogP) is 5.61. The molecular formula is C39H51N3O6. The standard InChI is InChI=1S/C39H51N3O6/c1-8-20-40(29-16-18-30(19-17-29)47-10-3)35(44)32-33-36(45)42(22-12-11-13-23-43)34(39(33)25-28(6)38(32,7)48-39)37(46)41(21-9-2)31-24-26(4)14-15-27(31)5/h8-9,14-19,24,28,32-34,43H,1-2,10-13,20-23,25H2,3-7H3/t28?,32-,33+,34?,38+,39?/m1/s1. The van der Waals surface area contributed by atoms with Crippen molar-refractivity contribution in [3.8, 4) is 5.75 Å². The number of carbonyl (C=O) groups is 3. The van der Waals surface area contributed by atoms with E-state index < -0.39 is 29.1 Å². The van der Waals surface area contributed by atoms with Crippen molar-refractivity contribution in [2.75, 3.05) is 42.6 Å². The third-order valence-electron chi connectivity index (χ3n) is 10.6. The number of fused-ring (bicyclic) bond motifs is 1. The van der Waals surface area contributed by atoms with Crippen LogP contribution in [0.2, 0.25) is 0 Å². The van der Waals surface area contributed by atoms with Crippen LogP contribution in [0.4, 0.5) is 11.4 Å². The predicted molar refractivity (Wildman–Crippen MR) is 188 cm³/mol. The van der Waals surface area contributed by atoms with Crippen LogP contribution in [-0.4, -0.2) is 77.8 Å². The Morgan fingerprint density at radius 3 is 2.38 bits per heavy atom. The van der Waals surface area contributed by atoms with Gasteiger partial charge in [0.25, 0.3) is 5.91 Å². The Morgan fingerprint density at radius 2 is 1.73 bits per heavy atom. The normalized spacial score (nSPS) is 27.1. The average molecular weight is 658 g/mol. The number of aliphatic hydroxyl groups excluding tert-OH is 1. The molecule has 0 aromatic heterocycles. The van der Waals surface area contributed by atoms with Crippen molar-refractivity contribution in [3.05, 3.63) is 78.9 Å². The maximum absolute atomic E-state index is 15.0. The third-order valence-corrected chi connectivity index (χ3v) is 10.6. The Hall–Kier alpha value is -3.95. The maximum Gasteiger partial charge on any atom is 0.253 e. The second-order valence-corrected chi connectivity index (χ2v) is 13.7. The number of likely N-dealkylation sites (tertiary alicyclic amines) is 1. The second kappa shape index (κ2) is 14.3. The molecule has 2 aromatic carbocycles. The Bertz CT molecular complexity index is 1540. The van der Waals surface area contributed by atoms with Crippen molar-refractivity contribution in [1.29, 1.82) is 0 Å². The number of anilines is 2. The van der Waals surface area contributed by atoms with E-state index in [1.165, 1.54) is 0 Å². The first-order chi connectivity index (χ1) is 23.0. The Balaban J connectivity index is 1.60. The van der Waals surface area contributed by atoms with Crippen LogP contribution in [0.5, 0.6) is 5.75 Å². The van der Waals surface area contributed by atoms with Gasteiger partial charge in [0.15, 0.2) is 0 Å². The largest absolute Gasteiger partial charge is 0.494 e. The first kappa shape index (κ1) is 35.4. The van der Waals surface area contributed by atoms with Crippen molar-refractivity contribution in [3.63, 3.8) is 0 Å². The van der Waals surface area contributed by atoms with E-state index in [1.54, 1.807) is 26.9 Å². The highest BCUT2D eigenvalue weighted by atomic mass is 16.5. The lowest BCUT2D eigenvalue weighted by Gasteiger charge is -2.39. The molecule has 3 aliphatic rings. The zero-order chi connectivity index (χ0) is 34.8. The van der Waals surface area contributed by atoms with Gasteiger partial charge in [0.1, 0.15) is 17.4 Å². The van der Waals surface area contributed by atoms with E-state index in [9.17, 15) is 14.7 Å². The highest BCUT2D eigenvalue weighted by molar-refractivity contribution is 6.07. The van der Waals surface area contributed by atoms with Gasteiger partial charge in [-0.3, -0.25) is 14.4 Å². The van der Waals surface area contributed by atoms with Crippen LogP contribution in [0.1, 0.15) is 57.6 Å². The zero-order valence-corrected chi connectivity index (χ0v) is 29.1. The van der Waals surface area contributed by atoms with Crippen LogP contribution in [0.3, 0.4) is 0 Å². The first-order valence-corrected chi connectivity index (χ1v) is 17.2. The number of unbranched alkanes of at least 4 members (excludes halogenated alkanes) is 2. The number of amides is 3. The Morgan fingerprint density at radius 1 is 1.04 bits per heavy atom. The molecule has 3 amide bonds. The molecule has 3 unspecified atom stereocenters. The van der Waals surface area contributed by atoms with Gasteiger partial charge in [0, 0.05) is 37.6 Å². The van der Waals surface area contributed by atoms with Crippen molar-refractivity contribution in [1.82, 2.24) is 4.90 Å². The summed E-state index contributed by atoms with van der Waals surface area (Å²) in [5.74, 6) is -1.73. The number of benzene rings is 2. The molecule has 1 spiro atoms. The fourth-order valence-corrected chi connectivity index (χ4v) is 8.31. The van der Waals surface area contributed by atoms with Crippen molar-refractivity contribution < 1.29 is 29.0 Å². The van der Waals surface area contributed by atoms with E-state index in [0.717, 1.165) is 16.8 Å². The number of nitrogens with zero attached hydrogens (tertiary/aromatic N) is 3. The van der Waals surface area contributed by atoms with Gasteiger partial charge in [-0.2, -0.15) is 0 Å². The Labute approximate surface area is 285 Å². The summed E-state index contributed by atoms with van der Waals surface area (Å²) in [4.78, 5) is 49.7. The highest BCUT2D eigenvalue weighted by Crippen LogP contribution is 2.65. The molecule has 48 heavy (non-hydrogen) atoms. The van der Waals surface area contributed by atoms with Gasteiger partial charge in [-0.1, -0.05) is 31.2 Å². The topological polar surface area (TPSA) is 99.6 Å². The summed E-state index contributed by atoms with van der Waals surface area (Å²) in [6, 6.07) is 12.4. The summed E-state index contributed by atoms with van der Waals surface area (Å²) < 4.78 is 12.7. The number of rotatable bonds is 15. The van der Waals surface area contributed by atoms with E-state index in [1.807, 2.05) is 70.2 Å². The summed E-state index contributed by atoms with van der Waals surface area (Å²) in [6.45, 7) is 19.1. The molecule has 3 saturated heterocycles. The number of aryl methyl sites for hydroxylation is 2. The van der Waals surface area contributed by atoms with E-state index in [0.29, 0.717) is 50.3 Å². The van der Waals surface area contributed by atoms with E-state index in [2.05, 4.69) is 20.1 Å². The molecule has 2 aromatic rings. The van der Waals surface area contributed by atoms with Crippen LogP contribution in [0.25, 0.3) is 0 Å². The molecule has 0 radical (unpaired) electrons. The fraction of sp³-hybridized carbons (Fsp3) is 0.513. The average Bonchev–Trinajstić information content (AvgIpc) is 3.58. The van der Waals surface area contributed by atoms with Gasteiger partial charge in [0.2, 0.25) is 11.8 Å².